The summed E-state index contributed by atoms with van der Waals surface area (Å²) in [6.45, 7) is 1.64. The van der Waals surface area contributed by atoms with Crippen LogP contribution >= 0.6 is 0 Å². The molecule has 1 aromatic heterocycles. The highest BCUT2D eigenvalue weighted by atomic mass is 19.2. The number of aromatic nitrogens is 2. The fourth-order valence-electron chi connectivity index (χ4n) is 5.96. The van der Waals surface area contributed by atoms with Gasteiger partial charge in [0, 0.05) is 47.7 Å². The highest BCUT2D eigenvalue weighted by molar-refractivity contribution is 5.89. The lowest BCUT2D eigenvalue weighted by Crippen LogP contribution is -2.52. The lowest BCUT2D eigenvalue weighted by molar-refractivity contribution is 0.130. The summed E-state index contributed by atoms with van der Waals surface area (Å²) in [5.74, 6) is -0.569. The van der Waals surface area contributed by atoms with Gasteiger partial charge >= 0.3 is 6.03 Å². The average molecular weight is 512 g/mol. The maximum atomic E-state index is 13.6. The number of methoxy groups -OCH3 is 2. The average Bonchev–Trinajstić information content (AvgIpc) is 3.55. The molecule has 8 nitrogen and oxygen atoms in total. The number of anilines is 1. The molecule has 37 heavy (non-hydrogen) atoms. The third-order valence-electron chi connectivity index (χ3n) is 7.77. The van der Waals surface area contributed by atoms with Crippen molar-refractivity contribution < 1.29 is 23.0 Å². The molecule has 0 spiro atoms. The number of aromatic amines is 1. The molecule has 2 fully saturated rings. The van der Waals surface area contributed by atoms with E-state index in [9.17, 15) is 13.6 Å². The summed E-state index contributed by atoms with van der Waals surface area (Å²) >= 11 is 0. The van der Waals surface area contributed by atoms with Gasteiger partial charge in [0.1, 0.15) is 0 Å². The van der Waals surface area contributed by atoms with Crippen LogP contribution in [-0.2, 0) is 12.0 Å². The maximum Gasteiger partial charge on any atom is 0.319 e. The Bertz CT molecular complexity index is 1250. The van der Waals surface area contributed by atoms with Gasteiger partial charge in [-0.05, 0) is 62.1 Å². The number of imidazole rings is 1. The third-order valence-corrected chi connectivity index (χ3v) is 7.77. The number of benzene rings is 2. The van der Waals surface area contributed by atoms with Crippen molar-refractivity contribution in [2.24, 2.45) is 0 Å². The molecule has 1 aliphatic heterocycles. The molecular formula is C27H31F2N5O3. The molecule has 2 aromatic carbocycles. The van der Waals surface area contributed by atoms with E-state index in [0.29, 0.717) is 11.5 Å². The van der Waals surface area contributed by atoms with Gasteiger partial charge in [0.15, 0.2) is 23.1 Å². The molecule has 2 aliphatic rings. The van der Waals surface area contributed by atoms with Gasteiger partial charge in [-0.2, -0.15) is 0 Å². The van der Waals surface area contributed by atoms with E-state index >= 15 is 0 Å². The van der Waals surface area contributed by atoms with Crippen molar-refractivity contribution in [3.8, 4) is 11.5 Å². The van der Waals surface area contributed by atoms with Crippen molar-refractivity contribution in [1.29, 1.82) is 0 Å². The molecule has 0 unspecified atom stereocenters. The third kappa shape index (κ3) is 4.98. The van der Waals surface area contributed by atoms with Crippen LogP contribution in [0, 0.1) is 11.6 Å². The smallest absolute Gasteiger partial charge is 0.319 e. The minimum Gasteiger partial charge on any atom is -0.493 e. The number of hydrogen-bond acceptors (Lipinski definition) is 5. The number of nitrogens with one attached hydrogen (secondary N) is 3. The van der Waals surface area contributed by atoms with Crippen LogP contribution in [0.4, 0.5) is 19.3 Å². The van der Waals surface area contributed by atoms with E-state index in [-0.39, 0.29) is 23.2 Å². The molecule has 1 aliphatic carbocycles. The van der Waals surface area contributed by atoms with Crippen LogP contribution in [0.5, 0.6) is 11.5 Å². The van der Waals surface area contributed by atoms with Crippen molar-refractivity contribution in [3.05, 3.63) is 71.8 Å². The zero-order valence-corrected chi connectivity index (χ0v) is 20.9. The number of halogens is 2. The molecule has 0 radical (unpaired) electrons. The number of fused-ring (bicyclic) bond motifs is 1. The number of carbonyl (C=O) groups is 1. The fraction of sp³-hybridized carbons (Fsp3) is 0.407. The van der Waals surface area contributed by atoms with Gasteiger partial charge in [0.2, 0.25) is 0 Å². The SMILES string of the molecule is COc1ccc([C@@]23CC[C@H](NC(=O)Nc4ccc(F)c(F)c4)C[C@H]2N(Cc2cnc[nH]2)CC3)cc1OC. The van der Waals surface area contributed by atoms with Crippen LogP contribution in [0.25, 0.3) is 0 Å². The van der Waals surface area contributed by atoms with Crippen molar-refractivity contribution in [1.82, 2.24) is 20.2 Å². The van der Waals surface area contributed by atoms with Gasteiger partial charge in [-0.15, -0.1) is 0 Å². The Morgan fingerprint density at radius 1 is 1.14 bits per heavy atom. The molecule has 10 heteroatoms. The van der Waals surface area contributed by atoms with Crippen molar-refractivity contribution >= 4 is 11.7 Å². The predicted molar refractivity (Wildman–Crippen MR) is 135 cm³/mol. The van der Waals surface area contributed by atoms with Gasteiger partial charge in [-0.1, -0.05) is 6.07 Å². The first-order chi connectivity index (χ1) is 17.9. The molecule has 3 aromatic rings. The standard InChI is InChI=1S/C27H31F2N5O3/c1-36-23-6-3-17(11-24(23)37-2)27-8-7-19(33-26(35)32-18-4-5-21(28)22(29)12-18)13-25(27)34(10-9-27)15-20-14-30-16-31-20/h3-6,11-12,14,16,19,25H,7-10,13,15H2,1-2H3,(H,30,31)(H2,32,33,35)/t19-,25+,27-/m0/s1. The molecule has 3 atom stereocenters. The highest BCUT2D eigenvalue weighted by Crippen LogP contribution is 2.50. The summed E-state index contributed by atoms with van der Waals surface area (Å²) in [5.41, 5.74) is 2.34. The number of carbonyl (C=O) groups excluding carboxylic acids is 1. The van der Waals surface area contributed by atoms with E-state index < -0.39 is 17.7 Å². The Labute approximate surface area is 214 Å². The normalized spacial score (nSPS) is 23.4. The Kier molecular flexibility index (Phi) is 7.01. The number of likely N-dealkylation sites (tertiary alicyclic amines) is 1. The van der Waals surface area contributed by atoms with E-state index in [4.69, 9.17) is 9.47 Å². The van der Waals surface area contributed by atoms with Crippen LogP contribution in [0.2, 0.25) is 0 Å². The minimum absolute atomic E-state index is 0.0778. The second-order valence-electron chi connectivity index (χ2n) is 9.74. The summed E-state index contributed by atoms with van der Waals surface area (Å²) in [4.78, 5) is 22.5. The van der Waals surface area contributed by atoms with E-state index in [2.05, 4.69) is 37.6 Å². The quantitative estimate of drug-likeness (QED) is 0.432. The molecule has 2 heterocycles. The van der Waals surface area contributed by atoms with E-state index in [1.165, 1.54) is 11.6 Å². The largest absolute Gasteiger partial charge is 0.493 e. The fourth-order valence-corrected chi connectivity index (χ4v) is 5.96. The maximum absolute atomic E-state index is 13.6. The second kappa shape index (κ2) is 10.4. The first-order valence-electron chi connectivity index (χ1n) is 12.4. The Balaban J connectivity index is 1.36. The number of rotatable bonds is 7. The molecular weight excluding hydrogens is 480 g/mol. The number of urea groups is 1. The van der Waals surface area contributed by atoms with E-state index in [0.717, 1.165) is 56.6 Å². The van der Waals surface area contributed by atoms with Gasteiger partial charge in [-0.3, -0.25) is 4.90 Å². The molecule has 0 bridgehead atoms. The zero-order valence-electron chi connectivity index (χ0n) is 20.9. The van der Waals surface area contributed by atoms with Crippen LogP contribution in [0.15, 0.2) is 48.9 Å². The monoisotopic (exact) mass is 511 g/mol. The Hall–Kier alpha value is -3.66. The van der Waals surface area contributed by atoms with Crippen molar-refractivity contribution in [3.63, 3.8) is 0 Å². The summed E-state index contributed by atoms with van der Waals surface area (Å²) in [6, 6.07) is 9.11. The number of H-pyrrole nitrogens is 1. The first kappa shape index (κ1) is 25.0. The van der Waals surface area contributed by atoms with Gasteiger partial charge in [0.25, 0.3) is 0 Å². The number of nitrogens with zero attached hydrogens (tertiary/aromatic N) is 2. The van der Waals surface area contributed by atoms with E-state index in [1.807, 2.05) is 12.3 Å². The molecule has 5 rings (SSSR count). The van der Waals surface area contributed by atoms with Crippen LogP contribution in [0.1, 0.15) is 36.9 Å². The lowest BCUT2D eigenvalue weighted by atomic mass is 9.65. The summed E-state index contributed by atoms with van der Waals surface area (Å²) in [6.07, 6.45) is 6.91. The Morgan fingerprint density at radius 3 is 2.70 bits per heavy atom. The van der Waals surface area contributed by atoms with Crippen LogP contribution in [0.3, 0.4) is 0 Å². The molecule has 1 saturated carbocycles. The van der Waals surface area contributed by atoms with E-state index in [1.54, 1.807) is 20.5 Å². The Morgan fingerprint density at radius 2 is 1.97 bits per heavy atom. The van der Waals surface area contributed by atoms with Crippen molar-refractivity contribution in [2.45, 2.75) is 49.7 Å². The number of hydrogen-bond donors (Lipinski definition) is 3. The number of ether oxygens (including phenoxy) is 2. The second-order valence-corrected chi connectivity index (χ2v) is 9.74. The lowest BCUT2D eigenvalue weighted by Gasteiger charge is -2.45. The topological polar surface area (TPSA) is 91.5 Å². The zero-order chi connectivity index (χ0) is 26.0. The molecule has 2 amide bonds. The summed E-state index contributed by atoms with van der Waals surface area (Å²) in [5, 5.41) is 5.66. The summed E-state index contributed by atoms with van der Waals surface area (Å²) in [7, 11) is 3.27. The van der Waals surface area contributed by atoms with Gasteiger partial charge in [0.05, 0.1) is 20.5 Å². The highest BCUT2D eigenvalue weighted by Gasteiger charge is 2.51. The number of amides is 2. The molecule has 196 valence electrons. The minimum atomic E-state index is -1.00. The molecule has 1 saturated heterocycles. The predicted octanol–water partition coefficient (Wildman–Crippen LogP) is 4.59. The van der Waals surface area contributed by atoms with Gasteiger partial charge in [-0.25, -0.2) is 18.6 Å². The first-order valence-corrected chi connectivity index (χ1v) is 12.4. The van der Waals surface area contributed by atoms with Crippen LogP contribution in [-0.4, -0.2) is 53.7 Å². The molecule has 3 N–H and O–H groups in total. The van der Waals surface area contributed by atoms with Crippen LogP contribution < -0.4 is 20.1 Å². The van der Waals surface area contributed by atoms with Gasteiger partial charge < -0.3 is 25.1 Å². The van der Waals surface area contributed by atoms with Crippen molar-refractivity contribution in [2.75, 3.05) is 26.1 Å². The summed E-state index contributed by atoms with van der Waals surface area (Å²) < 4.78 is 37.9.